The third-order valence-corrected chi connectivity index (χ3v) is 7.31. The number of aromatic amines is 1. The van der Waals surface area contributed by atoms with Crippen molar-refractivity contribution < 1.29 is 8.42 Å². The van der Waals surface area contributed by atoms with Crippen molar-refractivity contribution in [2.24, 2.45) is 0 Å². The number of H-pyrrole nitrogens is 1. The first-order valence-corrected chi connectivity index (χ1v) is 11.3. The zero-order chi connectivity index (χ0) is 21.1. The largest absolute Gasteiger partial charge is 0.366 e. The van der Waals surface area contributed by atoms with E-state index in [0.717, 1.165) is 29.1 Å². The molecule has 0 spiro atoms. The normalized spacial score (nSPS) is 17.5. The SMILES string of the molecule is CN(C)S(=O)(=O)N1CC[C@@H](c2[nH]ncc2-c2ccnc(NCc3ccccc3)c2)C1. The Kier molecular flexibility index (Phi) is 5.85. The van der Waals surface area contributed by atoms with E-state index >= 15 is 0 Å². The van der Waals surface area contributed by atoms with Crippen LogP contribution in [0.1, 0.15) is 23.6 Å². The zero-order valence-corrected chi connectivity index (χ0v) is 17.9. The first kappa shape index (κ1) is 20.5. The Balaban J connectivity index is 1.51. The molecular weight excluding hydrogens is 400 g/mol. The highest BCUT2D eigenvalue weighted by molar-refractivity contribution is 7.86. The van der Waals surface area contributed by atoms with Gasteiger partial charge in [-0.1, -0.05) is 30.3 Å². The summed E-state index contributed by atoms with van der Waals surface area (Å²) in [7, 11) is -0.285. The average molecular weight is 427 g/mol. The molecule has 9 heteroatoms. The van der Waals surface area contributed by atoms with Gasteiger partial charge in [-0.15, -0.1) is 0 Å². The molecule has 1 aliphatic heterocycles. The van der Waals surface area contributed by atoms with Gasteiger partial charge in [-0.3, -0.25) is 5.10 Å². The van der Waals surface area contributed by atoms with Gasteiger partial charge in [0.2, 0.25) is 0 Å². The van der Waals surface area contributed by atoms with Gasteiger partial charge in [0.05, 0.1) is 6.20 Å². The molecule has 1 atom stereocenters. The molecule has 8 nitrogen and oxygen atoms in total. The van der Waals surface area contributed by atoms with Crippen molar-refractivity contribution in [3.63, 3.8) is 0 Å². The smallest absolute Gasteiger partial charge is 0.281 e. The highest BCUT2D eigenvalue weighted by atomic mass is 32.2. The molecule has 0 saturated carbocycles. The summed E-state index contributed by atoms with van der Waals surface area (Å²) in [5.74, 6) is 0.859. The minimum absolute atomic E-state index is 0.0751. The van der Waals surface area contributed by atoms with Crippen LogP contribution in [-0.2, 0) is 16.8 Å². The van der Waals surface area contributed by atoms with Crippen LogP contribution in [0.15, 0.2) is 54.9 Å². The van der Waals surface area contributed by atoms with Gasteiger partial charge in [0, 0.05) is 57.1 Å². The van der Waals surface area contributed by atoms with Gasteiger partial charge in [-0.05, 0) is 29.7 Å². The Morgan fingerprint density at radius 2 is 2.03 bits per heavy atom. The van der Waals surface area contributed by atoms with E-state index in [1.807, 2.05) is 30.3 Å². The number of pyridine rings is 1. The first-order chi connectivity index (χ1) is 14.4. The second kappa shape index (κ2) is 8.55. The van der Waals surface area contributed by atoms with Crippen LogP contribution in [0.3, 0.4) is 0 Å². The van der Waals surface area contributed by atoms with Gasteiger partial charge in [0.15, 0.2) is 0 Å². The lowest BCUT2D eigenvalue weighted by Gasteiger charge is -2.20. The summed E-state index contributed by atoms with van der Waals surface area (Å²) in [6.07, 6.45) is 4.33. The molecule has 0 radical (unpaired) electrons. The van der Waals surface area contributed by atoms with Crippen molar-refractivity contribution in [2.75, 3.05) is 32.5 Å². The molecular formula is C21H26N6O2S. The highest BCUT2D eigenvalue weighted by Crippen LogP contribution is 2.34. The van der Waals surface area contributed by atoms with E-state index in [1.54, 1.807) is 26.5 Å². The predicted octanol–water partition coefficient (Wildman–Crippen LogP) is 2.68. The minimum atomic E-state index is -3.41. The summed E-state index contributed by atoms with van der Waals surface area (Å²) in [6.45, 7) is 1.64. The molecule has 1 fully saturated rings. The number of hydrogen-bond donors (Lipinski definition) is 2. The van der Waals surface area contributed by atoms with Crippen molar-refractivity contribution in [3.05, 3.63) is 66.1 Å². The summed E-state index contributed by atoms with van der Waals surface area (Å²) < 4.78 is 27.7. The lowest BCUT2D eigenvalue weighted by molar-refractivity contribution is 0.418. The maximum absolute atomic E-state index is 12.4. The molecule has 0 bridgehead atoms. The van der Waals surface area contributed by atoms with Crippen molar-refractivity contribution in [1.82, 2.24) is 23.8 Å². The van der Waals surface area contributed by atoms with Crippen LogP contribution in [0, 0.1) is 0 Å². The van der Waals surface area contributed by atoms with Crippen LogP contribution in [0.2, 0.25) is 0 Å². The molecule has 0 amide bonds. The maximum atomic E-state index is 12.4. The number of nitrogens with one attached hydrogen (secondary N) is 2. The van der Waals surface area contributed by atoms with Crippen molar-refractivity contribution >= 4 is 16.0 Å². The standard InChI is InChI=1S/C21H26N6O2S/c1-26(2)30(28,29)27-11-9-18(15-27)21-19(14-24-25-21)17-8-10-22-20(12-17)23-13-16-6-4-3-5-7-16/h3-8,10,12,14,18H,9,11,13,15H2,1-2H3,(H,22,23)(H,24,25)/t18-/m1/s1. The number of hydrogen-bond acceptors (Lipinski definition) is 5. The third-order valence-electron chi connectivity index (χ3n) is 5.40. The Morgan fingerprint density at radius 1 is 1.23 bits per heavy atom. The van der Waals surface area contributed by atoms with Gasteiger partial charge in [0.1, 0.15) is 5.82 Å². The summed E-state index contributed by atoms with van der Waals surface area (Å²) in [5.41, 5.74) is 4.13. The van der Waals surface area contributed by atoms with Crippen LogP contribution >= 0.6 is 0 Å². The molecule has 4 rings (SSSR count). The van der Waals surface area contributed by atoms with Crippen LogP contribution in [-0.4, -0.2) is 59.4 Å². The van der Waals surface area contributed by atoms with Crippen LogP contribution in [0.25, 0.3) is 11.1 Å². The number of rotatable bonds is 7. The van der Waals surface area contributed by atoms with E-state index in [2.05, 4.69) is 32.6 Å². The molecule has 2 N–H and O–H groups in total. The summed E-state index contributed by atoms with van der Waals surface area (Å²) in [5, 5.41) is 10.7. The minimum Gasteiger partial charge on any atom is -0.366 e. The molecule has 0 unspecified atom stereocenters. The van der Waals surface area contributed by atoms with E-state index < -0.39 is 10.2 Å². The number of benzene rings is 1. The second-order valence-corrected chi connectivity index (χ2v) is 9.74. The zero-order valence-electron chi connectivity index (χ0n) is 17.1. The van der Waals surface area contributed by atoms with Gasteiger partial charge in [-0.25, -0.2) is 4.98 Å². The monoisotopic (exact) mass is 426 g/mol. The Hall–Kier alpha value is -2.75. The number of anilines is 1. The molecule has 30 heavy (non-hydrogen) atoms. The quantitative estimate of drug-likeness (QED) is 0.606. The van der Waals surface area contributed by atoms with Gasteiger partial charge in [0.25, 0.3) is 10.2 Å². The van der Waals surface area contributed by atoms with Crippen molar-refractivity contribution in [2.45, 2.75) is 18.9 Å². The van der Waals surface area contributed by atoms with Crippen molar-refractivity contribution in [1.29, 1.82) is 0 Å². The lowest BCUT2D eigenvalue weighted by Crippen LogP contribution is -2.38. The Morgan fingerprint density at radius 3 is 2.80 bits per heavy atom. The second-order valence-electron chi connectivity index (χ2n) is 7.60. The predicted molar refractivity (Wildman–Crippen MR) is 117 cm³/mol. The average Bonchev–Trinajstić information content (AvgIpc) is 3.43. The number of nitrogens with zero attached hydrogens (tertiary/aromatic N) is 4. The van der Waals surface area contributed by atoms with Gasteiger partial charge in [-0.2, -0.15) is 22.1 Å². The van der Waals surface area contributed by atoms with Gasteiger partial charge < -0.3 is 5.32 Å². The Labute approximate surface area is 177 Å². The topological polar surface area (TPSA) is 94.2 Å². The fraction of sp³-hybridized carbons (Fsp3) is 0.333. The molecule has 158 valence electrons. The molecule has 3 heterocycles. The molecule has 1 aliphatic rings. The first-order valence-electron chi connectivity index (χ1n) is 9.90. The Bertz CT molecular complexity index is 1100. The van der Waals surface area contributed by atoms with Crippen LogP contribution in [0.4, 0.5) is 5.82 Å². The molecule has 2 aromatic heterocycles. The fourth-order valence-electron chi connectivity index (χ4n) is 3.72. The highest BCUT2D eigenvalue weighted by Gasteiger charge is 2.35. The molecule has 3 aromatic rings. The van der Waals surface area contributed by atoms with E-state index in [1.165, 1.54) is 14.2 Å². The number of aromatic nitrogens is 3. The third kappa shape index (κ3) is 4.23. The molecule has 1 aromatic carbocycles. The molecule has 1 saturated heterocycles. The van der Waals surface area contributed by atoms with E-state index in [9.17, 15) is 8.42 Å². The fourth-order valence-corrected chi connectivity index (χ4v) is 4.89. The van der Waals surface area contributed by atoms with Crippen molar-refractivity contribution in [3.8, 4) is 11.1 Å². The molecule has 0 aliphatic carbocycles. The van der Waals surface area contributed by atoms with E-state index in [-0.39, 0.29) is 5.92 Å². The van der Waals surface area contributed by atoms with Gasteiger partial charge >= 0.3 is 0 Å². The lowest BCUT2D eigenvalue weighted by atomic mass is 9.97. The maximum Gasteiger partial charge on any atom is 0.281 e. The van der Waals surface area contributed by atoms with E-state index in [4.69, 9.17) is 0 Å². The van der Waals surface area contributed by atoms with Crippen LogP contribution < -0.4 is 5.32 Å². The summed E-state index contributed by atoms with van der Waals surface area (Å²) >= 11 is 0. The van der Waals surface area contributed by atoms with E-state index in [0.29, 0.717) is 19.6 Å². The summed E-state index contributed by atoms with van der Waals surface area (Å²) in [4.78, 5) is 4.42. The summed E-state index contributed by atoms with van der Waals surface area (Å²) in [6, 6.07) is 14.1. The van der Waals surface area contributed by atoms with Crippen LogP contribution in [0.5, 0.6) is 0 Å².